The quantitative estimate of drug-likeness (QED) is 0.863. The standard InChI is InChI=1S/C14H27N3O.2ClH/c1-12(16-8-4-2-3-5-9-16)14(18)17-10-6-7-13(17)11-15;;/h12-13H,2-11,15H2,1H3;2*1H. The summed E-state index contributed by atoms with van der Waals surface area (Å²) in [6, 6.07) is 0.321. The Bertz CT molecular complexity index is 284. The average molecular weight is 326 g/mol. The Morgan fingerprint density at radius 2 is 1.70 bits per heavy atom. The molecule has 0 aliphatic carbocycles. The highest BCUT2D eigenvalue weighted by molar-refractivity contribution is 5.85. The molecule has 1 amide bonds. The summed E-state index contributed by atoms with van der Waals surface area (Å²) in [7, 11) is 0. The van der Waals surface area contributed by atoms with Crippen LogP contribution >= 0.6 is 24.8 Å². The third kappa shape index (κ3) is 4.76. The number of amides is 1. The normalized spacial score (nSPS) is 25.3. The molecule has 6 heteroatoms. The van der Waals surface area contributed by atoms with Crippen molar-refractivity contribution < 1.29 is 4.79 Å². The number of carbonyl (C=O) groups is 1. The molecule has 2 rings (SSSR count). The van der Waals surface area contributed by atoms with Gasteiger partial charge in [0.15, 0.2) is 0 Å². The molecular weight excluding hydrogens is 297 g/mol. The molecule has 0 spiro atoms. The Morgan fingerprint density at radius 1 is 1.10 bits per heavy atom. The smallest absolute Gasteiger partial charge is 0.239 e. The lowest BCUT2D eigenvalue weighted by Gasteiger charge is -2.32. The molecule has 0 aromatic rings. The summed E-state index contributed by atoms with van der Waals surface area (Å²) in [5.41, 5.74) is 5.76. The fourth-order valence-corrected chi connectivity index (χ4v) is 3.25. The van der Waals surface area contributed by atoms with Gasteiger partial charge in [-0.3, -0.25) is 9.69 Å². The summed E-state index contributed by atoms with van der Waals surface area (Å²) in [4.78, 5) is 16.9. The van der Waals surface area contributed by atoms with Gasteiger partial charge in [-0.05, 0) is 45.7 Å². The highest BCUT2D eigenvalue weighted by Gasteiger charge is 2.32. The largest absolute Gasteiger partial charge is 0.337 e. The van der Waals surface area contributed by atoms with Crippen LogP contribution in [0.3, 0.4) is 0 Å². The van der Waals surface area contributed by atoms with Gasteiger partial charge in [0.25, 0.3) is 0 Å². The summed E-state index contributed by atoms with van der Waals surface area (Å²) in [6.45, 7) is 5.74. The number of nitrogens with two attached hydrogens (primary N) is 1. The van der Waals surface area contributed by atoms with E-state index >= 15 is 0 Å². The first-order valence-electron chi connectivity index (χ1n) is 7.48. The number of carbonyl (C=O) groups excluding carboxylic acids is 1. The van der Waals surface area contributed by atoms with Crippen LogP contribution < -0.4 is 5.73 Å². The van der Waals surface area contributed by atoms with E-state index in [1.165, 1.54) is 25.7 Å². The lowest BCUT2D eigenvalue weighted by molar-refractivity contribution is -0.137. The number of nitrogens with zero attached hydrogens (tertiary/aromatic N) is 2. The Labute approximate surface area is 135 Å². The molecule has 2 saturated heterocycles. The molecule has 0 radical (unpaired) electrons. The van der Waals surface area contributed by atoms with E-state index in [-0.39, 0.29) is 36.9 Å². The minimum Gasteiger partial charge on any atom is -0.337 e. The number of halogens is 2. The van der Waals surface area contributed by atoms with Crippen LogP contribution in [0.15, 0.2) is 0 Å². The molecule has 0 saturated carbocycles. The second kappa shape index (κ2) is 9.82. The molecular formula is C14H29Cl2N3O. The molecule has 0 aromatic heterocycles. The van der Waals surface area contributed by atoms with Crippen molar-refractivity contribution in [2.45, 2.75) is 57.5 Å². The van der Waals surface area contributed by atoms with Crippen molar-refractivity contribution in [3.8, 4) is 0 Å². The maximum Gasteiger partial charge on any atom is 0.239 e. The number of hydrogen-bond acceptors (Lipinski definition) is 3. The zero-order valence-electron chi connectivity index (χ0n) is 12.4. The molecule has 2 aliphatic heterocycles. The van der Waals surface area contributed by atoms with Gasteiger partial charge in [-0.2, -0.15) is 0 Å². The third-order valence-electron chi connectivity index (χ3n) is 4.48. The van der Waals surface area contributed by atoms with Crippen LogP contribution in [0.25, 0.3) is 0 Å². The lowest BCUT2D eigenvalue weighted by atomic mass is 10.2. The third-order valence-corrected chi connectivity index (χ3v) is 4.48. The van der Waals surface area contributed by atoms with Crippen molar-refractivity contribution in [3.63, 3.8) is 0 Å². The van der Waals surface area contributed by atoms with Crippen LogP contribution in [0.1, 0.15) is 45.4 Å². The van der Waals surface area contributed by atoms with Gasteiger partial charge in [0.05, 0.1) is 6.04 Å². The Hall–Kier alpha value is -0.0300. The molecule has 20 heavy (non-hydrogen) atoms. The molecule has 0 bridgehead atoms. The maximum atomic E-state index is 12.6. The fourth-order valence-electron chi connectivity index (χ4n) is 3.25. The Morgan fingerprint density at radius 3 is 2.25 bits per heavy atom. The van der Waals surface area contributed by atoms with Crippen LogP contribution in [0.5, 0.6) is 0 Å². The summed E-state index contributed by atoms with van der Waals surface area (Å²) in [5, 5.41) is 0. The van der Waals surface area contributed by atoms with Crippen LogP contribution in [0, 0.1) is 0 Å². The SMILES string of the molecule is CC(C(=O)N1CCCC1CN)N1CCCCCC1.Cl.Cl. The fraction of sp³-hybridized carbons (Fsp3) is 0.929. The van der Waals surface area contributed by atoms with Crippen molar-refractivity contribution in [1.82, 2.24) is 9.80 Å². The summed E-state index contributed by atoms with van der Waals surface area (Å²) >= 11 is 0. The van der Waals surface area contributed by atoms with E-state index in [1.807, 2.05) is 4.90 Å². The molecule has 2 aliphatic rings. The van der Waals surface area contributed by atoms with Gasteiger partial charge >= 0.3 is 0 Å². The predicted molar refractivity (Wildman–Crippen MR) is 87.8 cm³/mol. The number of hydrogen-bond donors (Lipinski definition) is 1. The van der Waals surface area contributed by atoms with E-state index < -0.39 is 0 Å². The van der Waals surface area contributed by atoms with Crippen molar-refractivity contribution >= 4 is 30.7 Å². The maximum absolute atomic E-state index is 12.6. The van der Waals surface area contributed by atoms with Crippen LogP contribution in [-0.2, 0) is 4.79 Å². The van der Waals surface area contributed by atoms with Crippen molar-refractivity contribution in [2.75, 3.05) is 26.2 Å². The Balaban J connectivity index is 0.00000180. The van der Waals surface area contributed by atoms with Crippen LogP contribution in [0.2, 0.25) is 0 Å². The van der Waals surface area contributed by atoms with Crippen molar-refractivity contribution in [3.05, 3.63) is 0 Å². The molecule has 120 valence electrons. The van der Waals surface area contributed by atoms with Gasteiger partial charge in [0.2, 0.25) is 5.91 Å². The first-order valence-corrected chi connectivity index (χ1v) is 7.48. The van der Waals surface area contributed by atoms with Crippen molar-refractivity contribution in [2.24, 2.45) is 5.73 Å². The van der Waals surface area contributed by atoms with E-state index in [0.717, 1.165) is 32.5 Å². The monoisotopic (exact) mass is 325 g/mol. The zero-order chi connectivity index (χ0) is 13.0. The molecule has 0 aromatic carbocycles. The van der Waals surface area contributed by atoms with E-state index in [2.05, 4.69) is 11.8 Å². The average Bonchev–Trinajstić information content (AvgIpc) is 2.70. The van der Waals surface area contributed by atoms with E-state index in [1.54, 1.807) is 0 Å². The van der Waals surface area contributed by atoms with Crippen molar-refractivity contribution in [1.29, 1.82) is 0 Å². The topological polar surface area (TPSA) is 49.6 Å². The highest BCUT2D eigenvalue weighted by atomic mass is 35.5. The molecule has 2 atom stereocenters. The van der Waals surface area contributed by atoms with Gasteiger partial charge in [0, 0.05) is 19.1 Å². The first kappa shape index (κ1) is 20.0. The van der Waals surface area contributed by atoms with Gasteiger partial charge in [-0.15, -0.1) is 24.8 Å². The second-order valence-electron chi connectivity index (χ2n) is 5.69. The Kier molecular flexibility index (Phi) is 9.81. The molecule has 2 fully saturated rings. The minimum atomic E-state index is 0. The molecule has 4 nitrogen and oxygen atoms in total. The zero-order valence-corrected chi connectivity index (χ0v) is 14.1. The predicted octanol–water partition coefficient (Wildman–Crippen LogP) is 2.04. The van der Waals surface area contributed by atoms with E-state index in [0.29, 0.717) is 12.5 Å². The van der Waals surface area contributed by atoms with E-state index in [4.69, 9.17) is 5.73 Å². The second-order valence-corrected chi connectivity index (χ2v) is 5.69. The molecule has 2 unspecified atom stereocenters. The summed E-state index contributed by atoms with van der Waals surface area (Å²) in [6.07, 6.45) is 7.28. The summed E-state index contributed by atoms with van der Waals surface area (Å²) < 4.78 is 0. The van der Waals surface area contributed by atoms with Gasteiger partial charge in [-0.1, -0.05) is 12.8 Å². The minimum absolute atomic E-state index is 0. The lowest BCUT2D eigenvalue weighted by Crippen LogP contribution is -2.50. The number of likely N-dealkylation sites (tertiary alicyclic amines) is 2. The first-order chi connectivity index (χ1) is 8.74. The van der Waals surface area contributed by atoms with Crippen LogP contribution in [-0.4, -0.2) is 54.0 Å². The van der Waals surface area contributed by atoms with E-state index in [9.17, 15) is 4.79 Å². The summed E-state index contributed by atoms with van der Waals surface area (Å²) in [5.74, 6) is 0.296. The highest BCUT2D eigenvalue weighted by Crippen LogP contribution is 2.20. The van der Waals surface area contributed by atoms with Gasteiger partial charge < -0.3 is 10.6 Å². The molecule has 2 N–H and O–H groups in total. The van der Waals surface area contributed by atoms with Gasteiger partial charge in [0.1, 0.15) is 0 Å². The van der Waals surface area contributed by atoms with Crippen LogP contribution in [0.4, 0.5) is 0 Å². The van der Waals surface area contributed by atoms with Gasteiger partial charge in [-0.25, -0.2) is 0 Å². The molecule has 2 heterocycles. The number of rotatable bonds is 3.